The number of nitrogens with zero attached hydrogens (tertiary/aromatic N) is 4. The second-order valence-corrected chi connectivity index (χ2v) is 6.43. The lowest BCUT2D eigenvalue weighted by atomic mass is 9.95. The van der Waals surface area contributed by atoms with Crippen molar-refractivity contribution in [2.45, 2.75) is 38.1 Å². The van der Waals surface area contributed by atoms with Crippen LogP contribution in [0.2, 0.25) is 0 Å². The maximum atomic E-state index is 14.0. The standard InChI is InChI=1S/C16H16F4N4O2/c1-9-7-23(14(25)15(2,26)16(18,19)20)8-10-6-22-24(12(9)10)13-11(17)4-3-5-21-13/h3-6,9,26H,7-8H2,1-2H3/t9-,15?/m1/s1. The lowest BCUT2D eigenvalue weighted by molar-refractivity contribution is -0.250. The molecule has 0 saturated heterocycles. The van der Waals surface area contributed by atoms with Gasteiger partial charge in [0, 0.05) is 30.8 Å². The van der Waals surface area contributed by atoms with Crippen LogP contribution in [-0.2, 0) is 11.3 Å². The number of carbonyl (C=O) groups is 1. The van der Waals surface area contributed by atoms with Crippen molar-refractivity contribution in [2.75, 3.05) is 6.54 Å². The van der Waals surface area contributed by atoms with E-state index in [9.17, 15) is 27.5 Å². The molecule has 0 aliphatic carbocycles. The van der Waals surface area contributed by atoms with E-state index in [1.807, 2.05) is 0 Å². The van der Waals surface area contributed by atoms with Gasteiger partial charge in [-0.25, -0.2) is 14.1 Å². The van der Waals surface area contributed by atoms with Crippen LogP contribution in [0.25, 0.3) is 5.82 Å². The topological polar surface area (TPSA) is 71.2 Å². The summed E-state index contributed by atoms with van der Waals surface area (Å²) >= 11 is 0. The highest BCUT2D eigenvalue weighted by Crippen LogP contribution is 2.35. The summed E-state index contributed by atoms with van der Waals surface area (Å²) in [5.74, 6) is -2.48. The maximum absolute atomic E-state index is 14.0. The predicted octanol–water partition coefficient (Wildman–Crippen LogP) is 2.17. The Kier molecular flexibility index (Phi) is 4.26. The molecule has 2 atom stereocenters. The molecule has 140 valence electrons. The van der Waals surface area contributed by atoms with Crippen molar-refractivity contribution in [3.63, 3.8) is 0 Å². The van der Waals surface area contributed by atoms with Crippen LogP contribution in [0.3, 0.4) is 0 Å². The second-order valence-electron chi connectivity index (χ2n) is 6.43. The minimum Gasteiger partial charge on any atom is -0.373 e. The van der Waals surface area contributed by atoms with Crippen LogP contribution in [0.1, 0.15) is 31.0 Å². The van der Waals surface area contributed by atoms with Gasteiger partial charge >= 0.3 is 6.18 Å². The molecule has 26 heavy (non-hydrogen) atoms. The first-order valence-corrected chi connectivity index (χ1v) is 7.80. The molecule has 1 aliphatic rings. The fraction of sp³-hybridized carbons (Fsp3) is 0.438. The van der Waals surface area contributed by atoms with Gasteiger partial charge in [-0.3, -0.25) is 4.79 Å². The zero-order valence-corrected chi connectivity index (χ0v) is 14.0. The third-order valence-corrected chi connectivity index (χ3v) is 4.40. The van der Waals surface area contributed by atoms with Crippen molar-refractivity contribution < 1.29 is 27.5 Å². The summed E-state index contributed by atoms with van der Waals surface area (Å²) in [5, 5.41) is 13.7. The van der Waals surface area contributed by atoms with Crippen LogP contribution in [0.15, 0.2) is 24.5 Å². The molecule has 1 unspecified atom stereocenters. The largest absolute Gasteiger partial charge is 0.426 e. The minimum atomic E-state index is -5.09. The lowest BCUT2D eigenvalue weighted by Gasteiger charge is -2.36. The number of pyridine rings is 1. The Morgan fingerprint density at radius 2 is 2.08 bits per heavy atom. The van der Waals surface area contributed by atoms with Gasteiger partial charge in [0.1, 0.15) is 0 Å². The molecule has 2 aromatic rings. The first-order valence-electron chi connectivity index (χ1n) is 7.80. The summed E-state index contributed by atoms with van der Waals surface area (Å²) in [6.07, 6.45) is -2.33. The third-order valence-electron chi connectivity index (χ3n) is 4.40. The van der Waals surface area contributed by atoms with Gasteiger partial charge in [-0.2, -0.15) is 18.3 Å². The van der Waals surface area contributed by atoms with Crippen LogP contribution in [-0.4, -0.2) is 49.0 Å². The molecule has 10 heteroatoms. The monoisotopic (exact) mass is 372 g/mol. The number of hydrogen-bond acceptors (Lipinski definition) is 4. The Bertz CT molecular complexity index is 847. The molecule has 1 N–H and O–H groups in total. The molecule has 0 aromatic carbocycles. The van der Waals surface area contributed by atoms with E-state index in [-0.39, 0.29) is 18.9 Å². The van der Waals surface area contributed by atoms with Crippen LogP contribution in [0, 0.1) is 5.82 Å². The van der Waals surface area contributed by atoms with E-state index in [0.29, 0.717) is 18.2 Å². The number of rotatable bonds is 2. The normalized spacial score (nSPS) is 19.8. The number of alkyl halides is 3. The van der Waals surface area contributed by atoms with E-state index in [1.165, 1.54) is 29.2 Å². The van der Waals surface area contributed by atoms with Crippen LogP contribution < -0.4 is 0 Å². The molecule has 0 spiro atoms. The van der Waals surface area contributed by atoms with E-state index in [2.05, 4.69) is 10.1 Å². The molecule has 0 saturated carbocycles. The zero-order valence-electron chi connectivity index (χ0n) is 14.0. The summed E-state index contributed by atoms with van der Waals surface area (Å²) in [4.78, 5) is 17.1. The van der Waals surface area contributed by atoms with E-state index < -0.39 is 29.4 Å². The second kappa shape index (κ2) is 6.04. The van der Waals surface area contributed by atoms with Gasteiger partial charge in [0.15, 0.2) is 11.6 Å². The molecular weight excluding hydrogens is 356 g/mol. The van der Waals surface area contributed by atoms with E-state index in [0.717, 1.165) is 4.90 Å². The molecule has 2 aromatic heterocycles. The summed E-state index contributed by atoms with van der Waals surface area (Å²) in [5.41, 5.74) is -2.44. The Labute approximate surface area is 146 Å². The summed E-state index contributed by atoms with van der Waals surface area (Å²) < 4.78 is 54.1. The Morgan fingerprint density at radius 1 is 1.38 bits per heavy atom. The maximum Gasteiger partial charge on any atom is 0.426 e. The number of amides is 1. The number of halogens is 4. The molecular formula is C16H16F4N4O2. The number of aliphatic hydroxyl groups is 1. The SMILES string of the molecule is C[C@@H]1CN(C(=O)C(C)(O)C(F)(F)F)Cc2cnn(-c3ncccc3F)c21. The number of fused-ring (bicyclic) bond motifs is 1. The summed E-state index contributed by atoms with van der Waals surface area (Å²) in [6, 6.07) is 2.65. The fourth-order valence-electron chi connectivity index (χ4n) is 3.01. The summed E-state index contributed by atoms with van der Waals surface area (Å²) in [6.45, 7) is 1.87. The Morgan fingerprint density at radius 3 is 2.69 bits per heavy atom. The van der Waals surface area contributed by atoms with E-state index in [4.69, 9.17) is 0 Å². The quantitative estimate of drug-likeness (QED) is 0.821. The first kappa shape index (κ1) is 18.3. The van der Waals surface area contributed by atoms with Crippen molar-refractivity contribution in [3.05, 3.63) is 41.6 Å². The highest BCUT2D eigenvalue weighted by atomic mass is 19.4. The van der Waals surface area contributed by atoms with Gasteiger partial charge in [-0.1, -0.05) is 6.92 Å². The van der Waals surface area contributed by atoms with Gasteiger partial charge in [0.25, 0.3) is 5.91 Å². The highest BCUT2D eigenvalue weighted by Gasteiger charge is 2.57. The molecule has 3 heterocycles. The van der Waals surface area contributed by atoms with Crippen molar-refractivity contribution in [3.8, 4) is 5.82 Å². The minimum absolute atomic E-state index is 0.0253. The fourth-order valence-corrected chi connectivity index (χ4v) is 3.01. The molecule has 3 rings (SSSR count). The van der Waals surface area contributed by atoms with Gasteiger partial charge in [-0.05, 0) is 19.1 Å². The van der Waals surface area contributed by atoms with Crippen molar-refractivity contribution in [2.24, 2.45) is 0 Å². The molecule has 6 nitrogen and oxygen atoms in total. The molecule has 0 fully saturated rings. The van der Waals surface area contributed by atoms with Crippen LogP contribution in [0.5, 0.6) is 0 Å². The first-order chi connectivity index (χ1) is 12.0. The molecule has 1 amide bonds. The zero-order chi connectivity index (χ0) is 19.3. The average Bonchev–Trinajstić information content (AvgIpc) is 2.97. The van der Waals surface area contributed by atoms with Crippen molar-refractivity contribution in [1.29, 1.82) is 0 Å². The number of hydrogen-bond donors (Lipinski definition) is 1. The lowest BCUT2D eigenvalue weighted by Crippen LogP contribution is -2.57. The summed E-state index contributed by atoms with van der Waals surface area (Å²) in [7, 11) is 0. The van der Waals surface area contributed by atoms with Crippen molar-refractivity contribution in [1.82, 2.24) is 19.7 Å². The average molecular weight is 372 g/mol. The van der Waals surface area contributed by atoms with Gasteiger partial charge in [-0.15, -0.1) is 0 Å². The molecule has 0 bridgehead atoms. The predicted molar refractivity (Wildman–Crippen MR) is 81.8 cm³/mol. The van der Waals surface area contributed by atoms with Crippen molar-refractivity contribution >= 4 is 5.91 Å². The Balaban J connectivity index is 1.94. The highest BCUT2D eigenvalue weighted by molar-refractivity contribution is 5.85. The number of carbonyl (C=O) groups excluding carboxylic acids is 1. The van der Waals surface area contributed by atoms with Gasteiger partial charge < -0.3 is 10.0 Å². The molecule has 0 radical (unpaired) electrons. The Hall–Kier alpha value is -2.49. The van der Waals surface area contributed by atoms with Crippen LogP contribution in [0.4, 0.5) is 17.6 Å². The smallest absolute Gasteiger partial charge is 0.373 e. The third kappa shape index (κ3) is 2.83. The van der Waals surface area contributed by atoms with Gasteiger partial charge in [0.2, 0.25) is 5.60 Å². The number of aromatic nitrogens is 3. The van der Waals surface area contributed by atoms with Crippen LogP contribution >= 0.6 is 0 Å². The van der Waals surface area contributed by atoms with E-state index in [1.54, 1.807) is 6.92 Å². The van der Waals surface area contributed by atoms with Gasteiger partial charge in [0.05, 0.1) is 11.9 Å². The van der Waals surface area contributed by atoms with E-state index >= 15 is 0 Å². The molecule has 1 aliphatic heterocycles.